The molecule has 4 rings (SSSR count). The van der Waals surface area contributed by atoms with Gasteiger partial charge in [0, 0.05) is 23.3 Å². The zero-order valence-corrected chi connectivity index (χ0v) is 16.8. The number of carbonyl (C=O) groups excluding carboxylic acids is 1. The third-order valence-corrected chi connectivity index (χ3v) is 4.94. The van der Waals surface area contributed by atoms with Crippen molar-refractivity contribution in [2.75, 3.05) is 0 Å². The van der Waals surface area contributed by atoms with Crippen molar-refractivity contribution in [2.45, 2.75) is 19.9 Å². The van der Waals surface area contributed by atoms with E-state index in [-0.39, 0.29) is 17.6 Å². The van der Waals surface area contributed by atoms with Crippen molar-refractivity contribution >= 4 is 32.8 Å². The van der Waals surface area contributed by atoms with Crippen LogP contribution in [0.4, 0.5) is 0 Å². The highest BCUT2D eigenvalue weighted by atomic mass is 79.9. The highest BCUT2D eigenvalue weighted by Gasteiger charge is 2.26. The van der Waals surface area contributed by atoms with Crippen molar-refractivity contribution in [3.05, 3.63) is 64.9 Å². The summed E-state index contributed by atoms with van der Waals surface area (Å²) < 4.78 is 11.9. The Morgan fingerprint density at radius 2 is 1.96 bits per heavy atom. The zero-order chi connectivity index (χ0) is 19.7. The predicted molar refractivity (Wildman–Crippen MR) is 106 cm³/mol. The van der Waals surface area contributed by atoms with E-state index in [4.69, 9.17) is 8.94 Å². The van der Waals surface area contributed by atoms with Crippen molar-refractivity contribution in [3.8, 4) is 11.4 Å². The van der Waals surface area contributed by atoms with E-state index >= 15 is 0 Å². The van der Waals surface area contributed by atoms with Crippen LogP contribution in [-0.4, -0.2) is 21.0 Å². The number of fused-ring (bicyclic) bond motifs is 1. The Balaban J connectivity index is 1.59. The number of furan rings is 1. The number of hydrogen-bond acceptors (Lipinski definition) is 6. The Labute approximate surface area is 169 Å². The Morgan fingerprint density at radius 1 is 1.18 bits per heavy atom. The summed E-state index contributed by atoms with van der Waals surface area (Å²) in [5, 5.41) is 7.80. The molecule has 8 heteroatoms. The molecule has 1 aromatic carbocycles. The van der Waals surface area contributed by atoms with Gasteiger partial charge in [-0.15, -0.1) is 0 Å². The summed E-state index contributed by atoms with van der Waals surface area (Å²) in [6, 6.07) is 10.5. The van der Waals surface area contributed by atoms with Crippen LogP contribution in [-0.2, 0) is 0 Å². The lowest BCUT2D eigenvalue weighted by atomic mass is 10.0. The number of rotatable bonds is 5. The minimum absolute atomic E-state index is 0.0332. The van der Waals surface area contributed by atoms with Crippen LogP contribution in [0.25, 0.3) is 22.4 Å². The van der Waals surface area contributed by atoms with Gasteiger partial charge in [-0.3, -0.25) is 9.78 Å². The van der Waals surface area contributed by atoms with Gasteiger partial charge in [0.2, 0.25) is 11.7 Å². The number of benzene rings is 1. The summed E-state index contributed by atoms with van der Waals surface area (Å²) in [4.78, 5) is 21.2. The van der Waals surface area contributed by atoms with E-state index in [0.29, 0.717) is 17.3 Å². The second kappa shape index (κ2) is 7.55. The van der Waals surface area contributed by atoms with Crippen LogP contribution in [0.3, 0.4) is 0 Å². The predicted octanol–water partition coefficient (Wildman–Crippen LogP) is 4.77. The monoisotopic (exact) mass is 440 g/mol. The lowest BCUT2D eigenvalue weighted by Gasteiger charge is -2.17. The van der Waals surface area contributed by atoms with Crippen LogP contribution in [0, 0.1) is 5.92 Å². The molecule has 1 unspecified atom stereocenters. The highest BCUT2D eigenvalue weighted by molar-refractivity contribution is 9.10. The fraction of sp³-hybridized carbons (Fsp3) is 0.200. The Hall–Kier alpha value is -3.00. The first-order chi connectivity index (χ1) is 13.5. The maximum Gasteiger partial charge on any atom is 0.287 e. The first kappa shape index (κ1) is 18.4. The molecule has 0 spiro atoms. The minimum atomic E-state index is -0.452. The molecule has 7 nitrogen and oxygen atoms in total. The van der Waals surface area contributed by atoms with E-state index in [9.17, 15) is 4.79 Å². The Bertz CT molecular complexity index is 1120. The highest BCUT2D eigenvalue weighted by Crippen LogP contribution is 2.28. The normalized spacial score (nSPS) is 12.4. The molecular formula is C20H17BrN4O3. The standard InChI is InChI=1S/C20H17BrN4O3/c1-11(2)16(20-24-18(25-28-20)12-6-8-22-9-7-12)23-19(26)15-10-13-4-3-5-14(21)17(13)27-15/h3-11,16H,1-2H3,(H,23,26). The molecule has 0 saturated carbocycles. The second-order valence-corrected chi connectivity index (χ2v) is 7.51. The molecule has 0 aliphatic carbocycles. The number of carbonyl (C=O) groups is 1. The fourth-order valence-corrected chi connectivity index (χ4v) is 3.31. The average Bonchev–Trinajstić information content (AvgIpc) is 3.34. The first-order valence-electron chi connectivity index (χ1n) is 8.76. The molecule has 0 aliphatic heterocycles. The van der Waals surface area contributed by atoms with Crippen LogP contribution in [0.1, 0.15) is 36.3 Å². The third kappa shape index (κ3) is 3.55. The molecule has 1 atom stereocenters. The van der Waals surface area contributed by atoms with Gasteiger partial charge in [-0.1, -0.05) is 31.1 Å². The lowest BCUT2D eigenvalue weighted by Crippen LogP contribution is -2.31. The molecule has 0 radical (unpaired) electrons. The molecule has 3 aromatic heterocycles. The van der Waals surface area contributed by atoms with E-state index in [1.54, 1.807) is 30.6 Å². The van der Waals surface area contributed by atoms with Gasteiger partial charge in [-0.25, -0.2) is 0 Å². The van der Waals surface area contributed by atoms with E-state index in [1.165, 1.54) is 0 Å². The van der Waals surface area contributed by atoms with Crippen LogP contribution >= 0.6 is 15.9 Å². The second-order valence-electron chi connectivity index (χ2n) is 6.66. The molecule has 0 aliphatic rings. The molecule has 0 fully saturated rings. The van der Waals surface area contributed by atoms with Crippen molar-refractivity contribution in [3.63, 3.8) is 0 Å². The summed E-state index contributed by atoms with van der Waals surface area (Å²) in [6.45, 7) is 3.94. The summed E-state index contributed by atoms with van der Waals surface area (Å²) in [6.07, 6.45) is 3.32. The summed E-state index contributed by atoms with van der Waals surface area (Å²) in [5.41, 5.74) is 1.42. The van der Waals surface area contributed by atoms with Gasteiger partial charge in [-0.05, 0) is 46.1 Å². The molecule has 3 heterocycles. The SMILES string of the molecule is CC(C)C(NC(=O)c1cc2cccc(Br)c2o1)c1nc(-c2ccncc2)no1. The van der Waals surface area contributed by atoms with Crippen molar-refractivity contribution in [1.29, 1.82) is 0 Å². The topological polar surface area (TPSA) is 94.1 Å². The van der Waals surface area contributed by atoms with E-state index < -0.39 is 6.04 Å². The van der Waals surface area contributed by atoms with Crippen LogP contribution < -0.4 is 5.32 Å². The van der Waals surface area contributed by atoms with Crippen LogP contribution in [0.2, 0.25) is 0 Å². The number of hydrogen-bond donors (Lipinski definition) is 1. The molecule has 0 bridgehead atoms. The number of nitrogens with zero attached hydrogens (tertiary/aromatic N) is 3. The number of para-hydroxylation sites is 1. The molecular weight excluding hydrogens is 424 g/mol. The molecule has 4 aromatic rings. The Kier molecular flexibility index (Phi) is 4.95. The summed E-state index contributed by atoms with van der Waals surface area (Å²) in [7, 11) is 0. The lowest BCUT2D eigenvalue weighted by molar-refractivity contribution is 0.0888. The zero-order valence-electron chi connectivity index (χ0n) is 15.2. The van der Waals surface area contributed by atoms with Crippen molar-refractivity contribution in [1.82, 2.24) is 20.4 Å². The van der Waals surface area contributed by atoms with Gasteiger partial charge in [0.25, 0.3) is 5.91 Å². The maximum atomic E-state index is 12.8. The van der Waals surface area contributed by atoms with Gasteiger partial charge >= 0.3 is 0 Å². The molecule has 1 amide bonds. The molecule has 0 saturated heterocycles. The molecule has 28 heavy (non-hydrogen) atoms. The quantitative estimate of drug-likeness (QED) is 0.480. The molecule has 142 valence electrons. The van der Waals surface area contributed by atoms with Gasteiger partial charge in [0.05, 0.1) is 4.47 Å². The largest absolute Gasteiger partial charge is 0.450 e. The number of pyridine rings is 1. The third-order valence-electron chi connectivity index (χ3n) is 4.32. The maximum absolute atomic E-state index is 12.8. The van der Waals surface area contributed by atoms with Crippen LogP contribution in [0.5, 0.6) is 0 Å². The molecule has 1 N–H and O–H groups in total. The van der Waals surface area contributed by atoms with Crippen molar-refractivity contribution in [2.24, 2.45) is 5.92 Å². The van der Waals surface area contributed by atoms with Gasteiger partial charge in [0.15, 0.2) is 5.76 Å². The van der Waals surface area contributed by atoms with E-state index in [2.05, 4.69) is 36.4 Å². The summed E-state index contributed by atoms with van der Waals surface area (Å²) >= 11 is 3.43. The average molecular weight is 441 g/mol. The minimum Gasteiger partial charge on any atom is -0.450 e. The number of amides is 1. The number of halogens is 1. The number of nitrogens with one attached hydrogen (secondary N) is 1. The smallest absolute Gasteiger partial charge is 0.287 e. The van der Waals surface area contributed by atoms with Gasteiger partial charge < -0.3 is 14.3 Å². The van der Waals surface area contributed by atoms with Crippen LogP contribution in [0.15, 0.2) is 62.2 Å². The van der Waals surface area contributed by atoms with E-state index in [1.807, 2.05) is 32.0 Å². The first-order valence-corrected chi connectivity index (χ1v) is 9.55. The number of aromatic nitrogens is 3. The van der Waals surface area contributed by atoms with E-state index in [0.717, 1.165) is 15.4 Å². The van der Waals surface area contributed by atoms with Gasteiger partial charge in [-0.2, -0.15) is 4.98 Å². The van der Waals surface area contributed by atoms with Gasteiger partial charge in [0.1, 0.15) is 11.6 Å². The fourth-order valence-electron chi connectivity index (χ4n) is 2.85. The van der Waals surface area contributed by atoms with Crippen molar-refractivity contribution < 1.29 is 13.7 Å². The Morgan fingerprint density at radius 3 is 2.68 bits per heavy atom. The summed E-state index contributed by atoms with van der Waals surface area (Å²) in [5.74, 6) is 0.704.